The number of likely N-dealkylation sites (tertiary alicyclic amines) is 1. The van der Waals surface area contributed by atoms with E-state index in [1.165, 1.54) is 31.5 Å². The van der Waals surface area contributed by atoms with Crippen molar-refractivity contribution in [2.45, 2.75) is 25.9 Å². The number of fused-ring (bicyclic) bond motifs is 1. The lowest BCUT2D eigenvalue weighted by molar-refractivity contribution is 0.251. The number of urea groups is 1. The molecule has 0 radical (unpaired) electrons. The minimum atomic E-state index is -0.210. The number of hydrogen-bond acceptors (Lipinski definition) is 3. The largest absolute Gasteiger partial charge is 0.334 e. The molecule has 134 valence electrons. The number of nitrogens with zero attached hydrogens (tertiary/aromatic N) is 2. The van der Waals surface area contributed by atoms with Crippen molar-refractivity contribution < 1.29 is 4.79 Å². The second-order valence-corrected chi connectivity index (χ2v) is 6.78. The molecule has 0 saturated carbocycles. The molecule has 1 aliphatic rings. The average Bonchev–Trinajstić information content (AvgIpc) is 3.31. The predicted octanol–water partition coefficient (Wildman–Crippen LogP) is 3.48. The molecule has 4 rings (SSSR count). The molecule has 3 aromatic rings. The summed E-state index contributed by atoms with van der Waals surface area (Å²) < 4.78 is 0. The van der Waals surface area contributed by atoms with Crippen molar-refractivity contribution in [1.29, 1.82) is 0 Å². The van der Waals surface area contributed by atoms with Gasteiger partial charge < -0.3 is 10.6 Å². The van der Waals surface area contributed by atoms with Gasteiger partial charge in [0, 0.05) is 24.2 Å². The number of carbonyl (C=O) groups is 1. The van der Waals surface area contributed by atoms with E-state index in [1.54, 1.807) is 6.20 Å². The molecule has 1 fully saturated rings. The third kappa shape index (κ3) is 4.03. The Morgan fingerprint density at radius 3 is 2.85 bits per heavy atom. The Kier molecular flexibility index (Phi) is 4.84. The highest BCUT2D eigenvalue weighted by atomic mass is 16.2. The molecule has 2 amide bonds. The topological polar surface area (TPSA) is 73.1 Å². The molecule has 26 heavy (non-hydrogen) atoms. The van der Waals surface area contributed by atoms with E-state index in [2.05, 4.69) is 43.9 Å². The van der Waals surface area contributed by atoms with Crippen LogP contribution in [-0.2, 0) is 13.1 Å². The molecule has 1 aliphatic heterocycles. The number of rotatable bonds is 5. The van der Waals surface area contributed by atoms with Crippen LogP contribution in [0.3, 0.4) is 0 Å². The maximum absolute atomic E-state index is 12.2. The van der Waals surface area contributed by atoms with Crippen molar-refractivity contribution in [1.82, 2.24) is 20.4 Å². The SMILES string of the molecule is O=C(NCc1cccc(CN2CCCC2)c1)Nc1ccc2[nH]ncc2c1. The summed E-state index contributed by atoms with van der Waals surface area (Å²) in [6.45, 7) is 3.87. The minimum absolute atomic E-state index is 0.210. The van der Waals surface area contributed by atoms with Crippen LogP contribution in [0, 0.1) is 0 Å². The zero-order chi connectivity index (χ0) is 17.8. The normalized spacial score (nSPS) is 14.6. The number of H-pyrrole nitrogens is 1. The van der Waals surface area contributed by atoms with E-state index in [-0.39, 0.29) is 6.03 Å². The van der Waals surface area contributed by atoms with Gasteiger partial charge in [-0.25, -0.2) is 4.79 Å². The highest BCUT2D eigenvalue weighted by Gasteiger charge is 2.12. The molecule has 6 nitrogen and oxygen atoms in total. The molecule has 0 unspecified atom stereocenters. The average molecular weight is 349 g/mol. The number of aromatic amines is 1. The Balaban J connectivity index is 1.32. The lowest BCUT2D eigenvalue weighted by Gasteiger charge is -2.15. The maximum Gasteiger partial charge on any atom is 0.319 e. The fourth-order valence-corrected chi connectivity index (χ4v) is 3.42. The van der Waals surface area contributed by atoms with Crippen LogP contribution in [0.15, 0.2) is 48.7 Å². The molecule has 0 bridgehead atoms. The molecule has 0 aliphatic carbocycles. The van der Waals surface area contributed by atoms with Crippen molar-refractivity contribution in [3.63, 3.8) is 0 Å². The van der Waals surface area contributed by atoms with E-state index in [0.717, 1.165) is 28.7 Å². The summed E-state index contributed by atoms with van der Waals surface area (Å²) in [4.78, 5) is 14.6. The number of anilines is 1. The van der Waals surface area contributed by atoms with Crippen LogP contribution >= 0.6 is 0 Å². The molecule has 0 atom stereocenters. The summed E-state index contributed by atoms with van der Waals surface area (Å²) in [5, 5.41) is 13.6. The molecular weight excluding hydrogens is 326 g/mol. The third-order valence-electron chi connectivity index (χ3n) is 4.75. The van der Waals surface area contributed by atoms with Crippen LogP contribution in [0.5, 0.6) is 0 Å². The second kappa shape index (κ2) is 7.58. The first-order valence-electron chi connectivity index (χ1n) is 9.04. The van der Waals surface area contributed by atoms with Gasteiger partial charge in [-0.15, -0.1) is 0 Å². The molecule has 1 saturated heterocycles. The quantitative estimate of drug-likeness (QED) is 0.660. The fraction of sp³-hybridized carbons (Fsp3) is 0.300. The summed E-state index contributed by atoms with van der Waals surface area (Å²) in [5.74, 6) is 0. The van der Waals surface area contributed by atoms with E-state index in [4.69, 9.17) is 0 Å². The van der Waals surface area contributed by atoms with E-state index < -0.39 is 0 Å². The van der Waals surface area contributed by atoms with Crippen molar-refractivity contribution >= 4 is 22.6 Å². The number of carbonyl (C=O) groups excluding carboxylic acids is 1. The Morgan fingerprint density at radius 2 is 1.96 bits per heavy atom. The molecule has 2 heterocycles. The van der Waals surface area contributed by atoms with Crippen molar-refractivity contribution in [3.05, 3.63) is 59.8 Å². The standard InChI is InChI=1S/C20H23N5O/c26-20(23-18-6-7-19-17(11-18)13-22-24-19)21-12-15-4-3-5-16(10-15)14-25-8-1-2-9-25/h3-7,10-11,13H,1-2,8-9,12,14H2,(H,22,24)(H2,21,23,26). The van der Waals surface area contributed by atoms with Crippen molar-refractivity contribution in [3.8, 4) is 0 Å². The van der Waals surface area contributed by atoms with E-state index in [9.17, 15) is 4.79 Å². The number of nitrogens with one attached hydrogen (secondary N) is 3. The zero-order valence-electron chi connectivity index (χ0n) is 14.7. The summed E-state index contributed by atoms with van der Waals surface area (Å²) in [6.07, 6.45) is 4.34. The second-order valence-electron chi connectivity index (χ2n) is 6.78. The minimum Gasteiger partial charge on any atom is -0.334 e. The lowest BCUT2D eigenvalue weighted by Crippen LogP contribution is -2.28. The first-order chi connectivity index (χ1) is 12.8. The Labute approximate surface area is 152 Å². The van der Waals surface area contributed by atoms with Gasteiger partial charge in [0.1, 0.15) is 0 Å². The number of aromatic nitrogens is 2. The van der Waals surface area contributed by atoms with E-state index in [1.807, 2.05) is 24.3 Å². The Morgan fingerprint density at radius 1 is 1.12 bits per heavy atom. The smallest absolute Gasteiger partial charge is 0.319 e. The Bertz CT molecular complexity index is 898. The number of amides is 2. The monoisotopic (exact) mass is 349 g/mol. The van der Waals surface area contributed by atoms with Gasteiger partial charge >= 0.3 is 6.03 Å². The summed E-state index contributed by atoms with van der Waals surface area (Å²) in [6, 6.07) is 13.9. The van der Waals surface area contributed by atoms with Crippen LogP contribution < -0.4 is 10.6 Å². The van der Waals surface area contributed by atoms with Gasteiger partial charge in [-0.3, -0.25) is 10.00 Å². The predicted molar refractivity (Wildman–Crippen MR) is 103 cm³/mol. The van der Waals surface area contributed by atoms with E-state index >= 15 is 0 Å². The first-order valence-corrected chi connectivity index (χ1v) is 9.04. The van der Waals surface area contributed by atoms with Gasteiger partial charge in [0.25, 0.3) is 0 Å². The van der Waals surface area contributed by atoms with E-state index in [0.29, 0.717) is 6.54 Å². The fourth-order valence-electron chi connectivity index (χ4n) is 3.42. The first kappa shape index (κ1) is 16.6. The van der Waals surface area contributed by atoms with Gasteiger partial charge in [0.15, 0.2) is 0 Å². The summed E-state index contributed by atoms with van der Waals surface area (Å²) in [7, 11) is 0. The van der Waals surface area contributed by atoms with Gasteiger partial charge in [-0.1, -0.05) is 24.3 Å². The number of hydrogen-bond donors (Lipinski definition) is 3. The molecule has 6 heteroatoms. The summed E-state index contributed by atoms with van der Waals surface area (Å²) in [5.41, 5.74) is 4.11. The molecule has 1 aromatic heterocycles. The zero-order valence-corrected chi connectivity index (χ0v) is 14.7. The maximum atomic E-state index is 12.2. The number of benzene rings is 2. The third-order valence-corrected chi connectivity index (χ3v) is 4.75. The van der Waals surface area contributed by atoms with Crippen LogP contribution in [0.25, 0.3) is 10.9 Å². The summed E-state index contributed by atoms with van der Waals surface area (Å²) >= 11 is 0. The highest BCUT2D eigenvalue weighted by molar-refractivity contribution is 5.92. The lowest BCUT2D eigenvalue weighted by atomic mass is 10.1. The van der Waals surface area contributed by atoms with Gasteiger partial charge in [-0.05, 0) is 55.3 Å². The van der Waals surface area contributed by atoms with Gasteiger partial charge in [-0.2, -0.15) is 5.10 Å². The molecular formula is C20H23N5O. The molecule has 0 spiro atoms. The van der Waals surface area contributed by atoms with Crippen LogP contribution in [-0.4, -0.2) is 34.2 Å². The Hall–Kier alpha value is -2.86. The van der Waals surface area contributed by atoms with Crippen molar-refractivity contribution in [2.75, 3.05) is 18.4 Å². The van der Waals surface area contributed by atoms with Crippen molar-refractivity contribution in [2.24, 2.45) is 0 Å². The van der Waals surface area contributed by atoms with Crippen LogP contribution in [0.1, 0.15) is 24.0 Å². The van der Waals surface area contributed by atoms with Gasteiger partial charge in [0.05, 0.1) is 11.7 Å². The van der Waals surface area contributed by atoms with Crippen LogP contribution in [0.4, 0.5) is 10.5 Å². The molecule has 2 aromatic carbocycles. The highest BCUT2D eigenvalue weighted by Crippen LogP contribution is 2.17. The molecule has 3 N–H and O–H groups in total. The van der Waals surface area contributed by atoms with Crippen LogP contribution in [0.2, 0.25) is 0 Å². The van der Waals surface area contributed by atoms with Gasteiger partial charge in [0.2, 0.25) is 0 Å².